The van der Waals surface area contributed by atoms with E-state index in [4.69, 9.17) is 4.98 Å². The van der Waals surface area contributed by atoms with Crippen molar-refractivity contribution in [3.8, 4) is 0 Å². The minimum absolute atomic E-state index is 0.0511. The van der Waals surface area contributed by atoms with Crippen molar-refractivity contribution < 1.29 is 4.79 Å². The van der Waals surface area contributed by atoms with Crippen LogP contribution in [0.1, 0.15) is 40.9 Å². The van der Waals surface area contributed by atoms with Crippen molar-refractivity contribution >= 4 is 38.4 Å². The van der Waals surface area contributed by atoms with E-state index in [0.29, 0.717) is 6.04 Å². The summed E-state index contributed by atoms with van der Waals surface area (Å²) in [7, 11) is 0. The summed E-state index contributed by atoms with van der Waals surface area (Å²) in [6.45, 7) is 2.08. The summed E-state index contributed by atoms with van der Waals surface area (Å²) in [4.78, 5) is 18.8. The van der Waals surface area contributed by atoms with Crippen molar-refractivity contribution in [2.24, 2.45) is 0 Å². The highest BCUT2D eigenvalue weighted by molar-refractivity contribution is 7.20. The normalized spacial score (nSPS) is 15.7. The van der Waals surface area contributed by atoms with Crippen LogP contribution in [0.2, 0.25) is 0 Å². The number of carbonyl (C=O) groups is 1. The number of aryl methyl sites for hydroxylation is 1. The van der Waals surface area contributed by atoms with E-state index in [9.17, 15) is 4.79 Å². The molecule has 0 saturated heterocycles. The maximum absolute atomic E-state index is 12.4. The molecule has 1 aromatic carbocycles. The molecule has 0 spiro atoms. The maximum atomic E-state index is 12.4. The first-order chi connectivity index (χ1) is 10.7. The molecule has 3 aromatic rings. The Labute approximate surface area is 133 Å². The maximum Gasteiger partial charge on any atom is 0.261 e. The van der Waals surface area contributed by atoms with Crippen molar-refractivity contribution in [3.05, 3.63) is 40.8 Å². The number of carbonyl (C=O) groups excluding carboxylic acids is 1. The van der Waals surface area contributed by atoms with Gasteiger partial charge in [-0.3, -0.25) is 4.79 Å². The minimum Gasteiger partial charge on any atom is -0.349 e. The van der Waals surface area contributed by atoms with Gasteiger partial charge in [-0.15, -0.1) is 11.3 Å². The van der Waals surface area contributed by atoms with Crippen molar-refractivity contribution in [1.82, 2.24) is 10.3 Å². The molecule has 1 amide bonds. The number of thiophene rings is 1. The van der Waals surface area contributed by atoms with Crippen LogP contribution in [0.25, 0.3) is 21.1 Å². The molecule has 3 nitrogen and oxygen atoms in total. The molecular weight excluding hydrogens is 292 g/mol. The number of nitrogens with zero attached hydrogens (tertiary/aromatic N) is 1. The van der Waals surface area contributed by atoms with E-state index in [0.717, 1.165) is 38.8 Å². The fourth-order valence-corrected chi connectivity index (χ4v) is 4.12. The highest BCUT2D eigenvalue weighted by atomic mass is 32.1. The number of hydrogen-bond donors (Lipinski definition) is 1. The standard InChI is InChI=1S/C18H18N2OS/c1-11-6-7-15-12(8-11)9-13-10-16(22-18(13)20-15)17(21)19-14-4-2-3-5-14/h6-10,14H,2-5H2,1H3,(H,19,21). The van der Waals surface area contributed by atoms with Gasteiger partial charge in [0, 0.05) is 16.8 Å². The number of fused-ring (bicyclic) bond motifs is 2. The van der Waals surface area contributed by atoms with Crippen LogP contribution in [0.5, 0.6) is 0 Å². The Bertz CT molecular complexity index is 862. The van der Waals surface area contributed by atoms with Gasteiger partial charge in [0.2, 0.25) is 0 Å². The molecule has 1 fully saturated rings. The molecule has 0 atom stereocenters. The van der Waals surface area contributed by atoms with Crippen molar-refractivity contribution in [3.63, 3.8) is 0 Å². The molecule has 4 heteroatoms. The molecule has 2 heterocycles. The second-order valence-corrected chi connectivity index (χ2v) is 7.18. The van der Waals surface area contributed by atoms with Gasteiger partial charge in [-0.2, -0.15) is 0 Å². The first kappa shape index (κ1) is 13.7. The summed E-state index contributed by atoms with van der Waals surface area (Å²) in [5.41, 5.74) is 2.21. The van der Waals surface area contributed by atoms with E-state index < -0.39 is 0 Å². The van der Waals surface area contributed by atoms with Gasteiger partial charge in [-0.25, -0.2) is 4.98 Å². The number of pyridine rings is 1. The second kappa shape index (κ2) is 5.36. The van der Waals surface area contributed by atoms with Gasteiger partial charge in [-0.1, -0.05) is 24.5 Å². The monoisotopic (exact) mass is 310 g/mol. The third kappa shape index (κ3) is 2.48. The molecule has 1 aliphatic carbocycles. The third-order valence-electron chi connectivity index (χ3n) is 4.37. The summed E-state index contributed by atoms with van der Waals surface area (Å²) >= 11 is 1.48. The van der Waals surface area contributed by atoms with E-state index in [1.807, 2.05) is 12.1 Å². The van der Waals surface area contributed by atoms with Crippen LogP contribution in [-0.4, -0.2) is 16.9 Å². The molecule has 4 rings (SSSR count). The molecule has 0 bridgehead atoms. The average Bonchev–Trinajstić information content (AvgIpc) is 3.13. The zero-order valence-corrected chi connectivity index (χ0v) is 13.4. The summed E-state index contributed by atoms with van der Waals surface area (Å²) in [6, 6.07) is 10.7. The van der Waals surface area contributed by atoms with Gasteiger partial charge in [0.15, 0.2) is 0 Å². The lowest BCUT2D eigenvalue weighted by Crippen LogP contribution is -2.31. The molecule has 0 unspecified atom stereocenters. The lowest BCUT2D eigenvalue weighted by Gasteiger charge is -2.10. The van der Waals surface area contributed by atoms with E-state index in [-0.39, 0.29) is 5.91 Å². The first-order valence-corrected chi connectivity index (χ1v) is 8.62. The number of hydrogen-bond acceptors (Lipinski definition) is 3. The van der Waals surface area contributed by atoms with Crippen LogP contribution in [0, 0.1) is 6.92 Å². The van der Waals surface area contributed by atoms with Crippen LogP contribution in [0.4, 0.5) is 0 Å². The third-order valence-corrected chi connectivity index (χ3v) is 5.41. The number of nitrogens with one attached hydrogen (secondary N) is 1. The Morgan fingerprint density at radius 3 is 2.82 bits per heavy atom. The molecule has 0 aliphatic heterocycles. The highest BCUT2D eigenvalue weighted by Crippen LogP contribution is 2.28. The van der Waals surface area contributed by atoms with Crippen molar-refractivity contribution in [2.45, 2.75) is 38.6 Å². The zero-order chi connectivity index (χ0) is 15.1. The predicted molar refractivity (Wildman–Crippen MR) is 91.6 cm³/mol. The van der Waals surface area contributed by atoms with Crippen LogP contribution in [-0.2, 0) is 0 Å². The largest absolute Gasteiger partial charge is 0.349 e. The lowest BCUT2D eigenvalue weighted by molar-refractivity contribution is 0.0942. The Morgan fingerprint density at radius 2 is 2.00 bits per heavy atom. The summed E-state index contributed by atoms with van der Waals surface area (Å²) < 4.78 is 0. The molecular formula is C18H18N2OS. The second-order valence-electron chi connectivity index (χ2n) is 6.14. The number of rotatable bonds is 2. The molecule has 0 radical (unpaired) electrons. The van der Waals surface area contributed by atoms with E-state index in [1.54, 1.807) is 0 Å². The van der Waals surface area contributed by atoms with Gasteiger partial charge >= 0.3 is 0 Å². The number of aromatic nitrogens is 1. The quantitative estimate of drug-likeness (QED) is 0.761. The van der Waals surface area contributed by atoms with Crippen molar-refractivity contribution in [1.29, 1.82) is 0 Å². The van der Waals surface area contributed by atoms with Crippen molar-refractivity contribution in [2.75, 3.05) is 0 Å². The van der Waals surface area contributed by atoms with Gasteiger partial charge in [-0.05, 0) is 44.0 Å². The van der Waals surface area contributed by atoms with Gasteiger partial charge < -0.3 is 5.32 Å². The van der Waals surface area contributed by atoms with Gasteiger partial charge in [0.05, 0.1) is 10.4 Å². The summed E-state index contributed by atoms with van der Waals surface area (Å²) in [5.74, 6) is 0.0511. The highest BCUT2D eigenvalue weighted by Gasteiger charge is 2.19. The molecule has 1 saturated carbocycles. The van der Waals surface area contributed by atoms with Crippen LogP contribution < -0.4 is 5.32 Å². The van der Waals surface area contributed by atoms with Crippen LogP contribution >= 0.6 is 11.3 Å². The smallest absolute Gasteiger partial charge is 0.261 e. The summed E-state index contributed by atoms with van der Waals surface area (Å²) in [6.07, 6.45) is 4.67. The van der Waals surface area contributed by atoms with E-state index in [2.05, 4.69) is 30.4 Å². The number of benzene rings is 1. The number of amides is 1. The van der Waals surface area contributed by atoms with Crippen LogP contribution in [0.3, 0.4) is 0 Å². The SMILES string of the molecule is Cc1ccc2nc3sc(C(=O)NC4CCCC4)cc3cc2c1. The summed E-state index contributed by atoms with van der Waals surface area (Å²) in [5, 5.41) is 5.34. The first-order valence-electron chi connectivity index (χ1n) is 7.81. The minimum atomic E-state index is 0.0511. The Hall–Kier alpha value is -1.94. The van der Waals surface area contributed by atoms with Crippen LogP contribution in [0.15, 0.2) is 30.3 Å². The molecule has 2 aromatic heterocycles. The molecule has 1 N–H and O–H groups in total. The van der Waals surface area contributed by atoms with E-state index in [1.165, 1.54) is 29.7 Å². The lowest BCUT2D eigenvalue weighted by atomic mass is 10.1. The molecule has 22 heavy (non-hydrogen) atoms. The topological polar surface area (TPSA) is 42.0 Å². The molecule has 1 aliphatic rings. The van der Waals surface area contributed by atoms with E-state index >= 15 is 0 Å². The fourth-order valence-electron chi connectivity index (χ4n) is 3.19. The Balaban J connectivity index is 1.70. The Morgan fingerprint density at radius 1 is 1.18 bits per heavy atom. The Kier molecular flexibility index (Phi) is 3.34. The van der Waals surface area contributed by atoms with Gasteiger partial charge in [0.1, 0.15) is 4.83 Å². The zero-order valence-electron chi connectivity index (χ0n) is 12.6. The average molecular weight is 310 g/mol. The molecule has 112 valence electrons. The predicted octanol–water partition coefficient (Wildman–Crippen LogP) is 4.43. The van der Waals surface area contributed by atoms with Gasteiger partial charge in [0.25, 0.3) is 5.91 Å². The fraction of sp³-hybridized carbons (Fsp3) is 0.333.